The zero-order valence-corrected chi connectivity index (χ0v) is 21.6. The quantitative estimate of drug-likeness (QED) is 0.264. The van der Waals surface area contributed by atoms with Gasteiger partial charge in [-0.05, 0) is 67.0 Å². The first kappa shape index (κ1) is 25.5. The first-order chi connectivity index (χ1) is 17.2. The van der Waals surface area contributed by atoms with Crippen LogP contribution in [0.1, 0.15) is 49.4 Å². The predicted molar refractivity (Wildman–Crippen MR) is 143 cm³/mol. The van der Waals surface area contributed by atoms with E-state index in [9.17, 15) is 14.7 Å². The Labute approximate surface area is 212 Å². The Morgan fingerprint density at radius 1 is 1.06 bits per heavy atom. The number of Topliss-reactive ketones (excluding diaryl/α,β-unsaturated/α-hetero) is 1. The highest BCUT2D eigenvalue weighted by Crippen LogP contribution is 2.42. The van der Waals surface area contributed by atoms with Crippen molar-refractivity contribution in [3.63, 3.8) is 0 Å². The number of likely N-dealkylation sites (N-methyl/N-ethyl adjacent to an activating group) is 1. The second-order valence-electron chi connectivity index (χ2n) is 9.70. The van der Waals surface area contributed by atoms with Gasteiger partial charge >= 0.3 is 0 Å². The lowest BCUT2D eigenvalue weighted by Crippen LogP contribution is -2.35. The summed E-state index contributed by atoms with van der Waals surface area (Å²) in [5, 5.41) is 13.5. The van der Waals surface area contributed by atoms with E-state index in [0.717, 1.165) is 27.6 Å². The van der Waals surface area contributed by atoms with Crippen molar-refractivity contribution in [2.75, 3.05) is 33.8 Å². The van der Waals surface area contributed by atoms with E-state index in [1.165, 1.54) is 0 Å². The predicted octanol–water partition coefficient (Wildman–Crippen LogP) is 5.35. The number of likely N-dealkylation sites (tertiary alicyclic amines) is 1. The molecule has 0 spiro atoms. The smallest absolute Gasteiger partial charge is 0.295 e. The summed E-state index contributed by atoms with van der Waals surface area (Å²) in [6.07, 6.45) is 0. The SMILES string of the molecule is CCOc1ccc(/C(O)=C2\C(=O)C(=O)N(CCN(C)C)C2c2cccc3ccccc23)cc1C(C)C. The largest absolute Gasteiger partial charge is 0.507 e. The molecule has 1 fully saturated rings. The van der Waals surface area contributed by atoms with Crippen LogP contribution >= 0.6 is 0 Å². The van der Waals surface area contributed by atoms with Crippen LogP contribution in [-0.4, -0.2) is 60.4 Å². The van der Waals surface area contributed by atoms with Crippen molar-refractivity contribution in [1.29, 1.82) is 0 Å². The van der Waals surface area contributed by atoms with Gasteiger partial charge in [-0.2, -0.15) is 0 Å². The van der Waals surface area contributed by atoms with Crippen molar-refractivity contribution < 1.29 is 19.4 Å². The van der Waals surface area contributed by atoms with Crippen molar-refractivity contribution in [1.82, 2.24) is 9.80 Å². The van der Waals surface area contributed by atoms with Crippen molar-refractivity contribution in [3.05, 3.63) is 82.9 Å². The number of ether oxygens (including phenoxy) is 1. The van der Waals surface area contributed by atoms with Crippen LogP contribution in [0.15, 0.2) is 66.2 Å². The maximum atomic E-state index is 13.4. The van der Waals surface area contributed by atoms with Crippen molar-refractivity contribution >= 4 is 28.2 Å². The number of benzene rings is 3. The molecule has 4 rings (SSSR count). The summed E-state index contributed by atoms with van der Waals surface area (Å²) in [5.41, 5.74) is 2.37. The van der Waals surface area contributed by atoms with E-state index in [4.69, 9.17) is 4.74 Å². The second kappa shape index (κ2) is 10.5. The Bertz CT molecular complexity index is 1320. The third-order valence-electron chi connectivity index (χ3n) is 6.65. The number of nitrogens with zero attached hydrogens (tertiary/aromatic N) is 2. The lowest BCUT2D eigenvalue weighted by Gasteiger charge is -2.27. The first-order valence-electron chi connectivity index (χ1n) is 12.4. The first-order valence-corrected chi connectivity index (χ1v) is 12.4. The Hall–Kier alpha value is -3.64. The molecular weight excluding hydrogens is 452 g/mol. The lowest BCUT2D eigenvalue weighted by molar-refractivity contribution is -0.140. The molecule has 1 unspecified atom stereocenters. The van der Waals surface area contributed by atoms with Crippen LogP contribution in [0.25, 0.3) is 16.5 Å². The van der Waals surface area contributed by atoms with Crippen LogP contribution < -0.4 is 4.74 Å². The van der Waals surface area contributed by atoms with Crippen molar-refractivity contribution in [3.8, 4) is 5.75 Å². The highest BCUT2D eigenvalue weighted by atomic mass is 16.5. The topological polar surface area (TPSA) is 70.1 Å². The summed E-state index contributed by atoms with van der Waals surface area (Å²) in [6, 6.07) is 18.5. The molecule has 1 heterocycles. The molecule has 1 amide bonds. The van der Waals surface area contributed by atoms with Gasteiger partial charge in [-0.15, -0.1) is 0 Å². The number of fused-ring (bicyclic) bond motifs is 1. The molecule has 1 N–H and O–H groups in total. The zero-order chi connectivity index (χ0) is 26.0. The third kappa shape index (κ3) is 4.73. The molecule has 0 radical (unpaired) electrons. The average molecular weight is 487 g/mol. The van der Waals surface area contributed by atoms with Crippen LogP contribution in [0, 0.1) is 0 Å². The zero-order valence-electron chi connectivity index (χ0n) is 21.6. The number of rotatable bonds is 8. The molecule has 1 aliphatic heterocycles. The Morgan fingerprint density at radius 3 is 2.47 bits per heavy atom. The van der Waals surface area contributed by atoms with Gasteiger partial charge in [0.05, 0.1) is 18.2 Å². The third-order valence-corrected chi connectivity index (χ3v) is 6.65. The molecule has 0 saturated carbocycles. The number of aliphatic hydroxyl groups excluding tert-OH is 1. The normalized spacial score (nSPS) is 17.5. The van der Waals surface area contributed by atoms with Gasteiger partial charge in [-0.3, -0.25) is 9.59 Å². The number of carbonyl (C=O) groups is 2. The monoisotopic (exact) mass is 486 g/mol. The molecule has 1 aliphatic rings. The summed E-state index contributed by atoms with van der Waals surface area (Å²) >= 11 is 0. The molecule has 3 aromatic rings. The van der Waals surface area contributed by atoms with Crippen LogP contribution in [-0.2, 0) is 9.59 Å². The summed E-state index contributed by atoms with van der Waals surface area (Å²) in [5.74, 6) is -0.518. The van der Waals surface area contributed by atoms with E-state index in [-0.39, 0.29) is 17.3 Å². The van der Waals surface area contributed by atoms with Gasteiger partial charge < -0.3 is 19.6 Å². The average Bonchev–Trinajstić information content (AvgIpc) is 3.11. The molecule has 3 aromatic carbocycles. The van der Waals surface area contributed by atoms with E-state index in [1.807, 2.05) is 80.5 Å². The fourth-order valence-electron chi connectivity index (χ4n) is 4.82. The number of ketones is 1. The number of amides is 1. The molecule has 6 nitrogen and oxygen atoms in total. The molecule has 1 saturated heterocycles. The molecule has 6 heteroatoms. The van der Waals surface area contributed by atoms with Crippen LogP contribution in [0.4, 0.5) is 0 Å². The van der Waals surface area contributed by atoms with E-state index in [1.54, 1.807) is 11.0 Å². The Morgan fingerprint density at radius 2 is 1.78 bits per heavy atom. The van der Waals surface area contributed by atoms with Crippen LogP contribution in [0.3, 0.4) is 0 Å². The molecule has 0 bridgehead atoms. The van der Waals surface area contributed by atoms with Gasteiger partial charge in [0.15, 0.2) is 0 Å². The maximum absolute atomic E-state index is 13.4. The van der Waals surface area contributed by atoms with Gasteiger partial charge in [-0.1, -0.05) is 56.3 Å². The van der Waals surface area contributed by atoms with E-state index >= 15 is 0 Å². The summed E-state index contributed by atoms with van der Waals surface area (Å²) in [7, 11) is 3.85. The number of aliphatic hydroxyl groups is 1. The van der Waals surface area contributed by atoms with Crippen LogP contribution in [0.5, 0.6) is 5.75 Å². The summed E-state index contributed by atoms with van der Waals surface area (Å²) in [4.78, 5) is 30.3. The second-order valence-corrected chi connectivity index (χ2v) is 9.70. The highest BCUT2D eigenvalue weighted by molar-refractivity contribution is 6.46. The lowest BCUT2D eigenvalue weighted by atomic mass is 9.90. The van der Waals surface area contributed by atoms with E-state index in [2.05, 4.69) is 13.8 Å². The number of hydrogen-bond acceptors (Lipinski definition) is 5. The van der Waals surface area contributed by atoms with Crippen molar-refractivity contribution in [2.45, 2.75) is 32.7 Å². The van der Waals surface area contributed by atoms with Gasteiger partial charge in [0.1, 0.15) is 11.5 Å². The maximum Gasteiger partial charge on any atom is 0.295 e. The molecule has 0 aliphatic carbocycles. The fourth-order valence-corrected chi connectivity index (χ4v) is 4.82. The molecule has 36 heavy (non-hydrogen) atoms. The summed E-state index contributed by atoms with van der Waals surface area (Å²) in [6.45, 7) is 7.52. The van der Waals surface area contributed by atoms with Gasteiger partial charge in [-0.25, -0.2) is 0 Å². The van der Waals surface area contributed by atoms with Gasteiger partial charge in [0.25, 0.3) is 11.7 Å². The number of carbonyl (C=O) groups excluding carboxylic acids is 2. The van der Waals surface area contributed by atoms with E-state index in [0.29, 0.717) is 25.3 Å². The molecule has 188 valence electrons. The standard InChI is InChI=1S/C30H34N2O4/c1-6-36-25-15-14-21(18-24(25)19(2)3)28(33)26-27(32(17-16-31(4)5)30(35)29(26)34)23-13-9-11-20-10-7-8-12-22(20)23/h7-15,18-19,27,33H,6,16-17H2,1-5H3/b28-26+. The highest BCUT2D eigenvalue weighted by Gasteiger charge is 2.46. The van der Waals surface area contributed by atoms with Gasteiger partial charge in [0.2, 0.25) is 0 Å². The Kier molecular flexibility index (Phi) is 7.45. The minimum absolute atomic E-state index is 0.119. The molecular formula is C30H34N2O4. The molecule has 1 atom stereocenters. The van der Waals surface area contributed by atoms with Crippen molar-refractivity contribution in [2.24, 2.45) is 0 Å². The minimum atomic E-state index is -0.690. The fraction of sp³-hybridized carbons (Fsp3) is 0.333. The van der Waals surface area contributed by atoms with E-state index < -0.39 is 17.7 Å². The minimum Gasteiger partial charge on any atom is -0.507 e. The molecule has 0 aromatic heterocycles. The Balaban J connectivity index is 1.93. The van der Waals surface area contributed by atoms with Crippen LogP contribution in [0.2, 0.25) is 0 Å². The summed E-state index contributed by atoms with van der Waals surface area (Å²) < 4.78 is 5.78. The van der Waals surface area contributed by atoms with Gasteiger partial charge in [0, 0.05) is 18.7 Å². The number of hydrogen-bond donors (Lipinski definition) is 1.